The summed E-state index contributed by atoms with van der Waals surface area (Å²) in [4.78, 5) is 16.4. The predicted molar refractivity (Wildman–Crippen MR) is 116 cm³/mol. The van der Waals surface area contributed by atoms with Gasteiger partial charge in [0.05, 0.1) is 5.69 Å². The Kier molecular flexibility index (Phi) is 5.70. The molecule has 0 bridgehead atoms. The third-order valence-corrected chi connectivity index (χ3v) is 4.93. The van der Waals surface area contributed by atoms with Crippen LogP contribution in [0.3, 0.4) is 0 Å². The monoisotopic (exact) mass is 387 g/mol. The van der Waals surface area contributed by atoms with Crippen molar-refractivity contribution in [1.82, 2.24) is 19.9 Å². The Morgan fingerprint density at radius 1 is 1.07 bits per heavy atom. The van der Waals surface area contributed by atoms with E-state index in [4.69, 9.17) is 15.5 Å². The first kappa shape index (κ1) is 18.9. The molecule has 0 aliphatic heterocycles. The summed E-state index contributed by atoms with van der Waals surface area (Å²) in [5, 5.41) is 1.08. The maximum atomic E-state index is 6.00. The van der Waals surface area contributed by atoms with Gasteiger partial charge in [0.15, 0.2) is 0 Å². The second kappa shape index (κ2) is 8.73. The van der Waals surface area contributed by atoms with Gasteiger partial charge in [-0.05, 0) is 30.0 Å². The number of anilines is 1. The Hall–Kier alpha value is -3.41. The molecule has 0 radical (unpaired) electrons. The molecule has 0 aliphatic carbocycles. The van der Waals surface area contributed by atoms with Crippen LogP contribution in [0.4, 0.5) is 5.95 Å². The van der Waals surface area contributed by atoms with E-state index in [2.05, 4.69) is 27.9 Å². The first-order valence-electron chi connectivity index (χ1n) is 10.0. The minimum atomic E-state index is 0.264. The number of fused-ring (bicyclic) bond motifs is 1. The average Bonchev–Trinajstić information content (AvgIpc) is 3.17. The minimum Gasteiger partial charge on any atom is -0.473 e. The molecule has 3 N–H and O–H groups in total. The normalized spacial score (nSPS) is 11.1. The van der Waals surface area contributed by atoms with Gasteiger partial charge in [-0.15, -0.1) is 0 Å². The maximum absolute atomic E-state index is 6.00. The topological polar surface area (TPSA) is 89.7 Å². The van der Waals surface area contributed by atoms with E-state index in [-0.39, 0.29) is 5.95 Å². The molecule has 3 aromatic heterocycles. The van der Waals surface area contributed by atoms with E-state index in [1.54, 1.807) is 6.20 Å². The van der Waals surface area contributed by atoms with Crippen molar-refractivity contribution in [3.8, 4) is 17.1 Å². The lowest BCUT2D eigenvalue weighted by Crippen LogP contribution is -2.00. The molecule has 29 heavy (non-hydrogen) atoms. The highest BCUT2D eigenvalue weighted by molar-refractivity contribution is 5.95. The summed E-state index contributed by atoms with van der Waals surface area (Å²) >= 11 is 0. The Bertz CT molecular complexity index is 1090. The zero-order valence-electron chi connectivity index (χ0n) is 16.6. The number of aromatic amines is 1. The molecule has 0 amide bonds. The van der Waals surface area contributed by atoms with Gasteiger partial charge in [0.1, 0.15) is 12.3 Å². The van der Waals surface area contributed by atoms with E-state index in [0.29, 0.717) is 12.5 Å². The lowest BCUT2D eigenvalue weighted by molar-refractivity contribution is 0.294. The molecule has 0 unspecified atom stereocenters. The van der Waals surface area contributed by atoms with Crippen molar-refractivity contribution in [2.24, 2.45) is 0 Å². The molecule has 148 valence electrons. The molecule has 1 aromatic carbocycles. The summed E-state index contributed by atoms with van der Waals surface area (Å²) in [6.07, 6.45) is 8.05. The molecule has 0 atom stereocenters. The molecule has 3 heterocycles. The summed E-state index contributed by atoms with van der Waals surface area (Å²) in [5.41, 5.74) is 10.7. The van der Waals surface area contributed by atoms with Crippen LogP contribution in [0.5, 0.6) is 5.88 Å². The van der Waals surface area contributed by atoms with Gasteiger partial charge < -0.3 is 15.5 Å². The zero-order valence-corrected chi connectivity index (χ0v) is 16.6. The standard InChI is InChI=1S/C23H25N5O/c1-2-3-5-10-17-13-20(29-15-16-8-6-4-7-9-16)28-22-21(17)18(14-26-22)19-11-12-25-23(24)27-19/h4,6-9,11-14H,2-3,5,10,15H2,1H3,(H,26,28)(H2,24,25,27). The first-order chi connectivity index (χ1) is 14.2. The van der Waals surface area contributed by atoms with Crippen molar-refractivity contribution < 1.29 is 4.74 Å². The Balaban J connectivity index is 1.70. The molecule has 0 spiro atoms. The number of nitrogens with zero attached hydrogens (tertiary/aromatic N) is 3. The van der Waals surface area contributed by atoms with Gasteiger partial charge in [0, 0.05) is 29.4 Å². The quantitative estimate of drug-likeness (QED) is 0.419. The van der Waals surface area contributed by atoms with Crippen molar-refractivity contribution in [2.75, 3.05) is 5.73 Å². The maximum Gasteiger partial charge on any atom is 0.220 e. The molecule has 6 nitrogen and oxygen atoms in total. The zero-order chi connectivity index (χ0) is 20.1. The van der Waals surface area contributed by atoms with Gasteiger partial charge in [-0.25, -0.2) is 9.97 Å². The molecular formula is C23H25N5O. The lowest BCUT2D eigenvalue weighted by Gasteiger charge is -2.10. The van der Waals surface area contributed by atoms with Crippen molar-refractivity contribution in [3.05, 3.63) is 66.0 Å². The van der Waals surface area contributed by atoms with Crippen LogP contribution in [-0.4, -0.2) is 19.9 Å². The number of hydrogen-bond acceptors (Lipinski definition) is 5. The average molecular weight is 387 g/mol. The molecular weight excluding hydrogens is 362 g/mol. The second-order valence-electron chi connectivity index (χ2n) is 7.08. The minimum absolute atomic E-state index is 0.264. The van der Waals surface area contributed by atoms with E-state index in [1.165, 1.54) is 18.4 Å². The summed E-state index contributed by atoms with van der Waals surface area (Å²) in [7, 11) is 0. The van der Waals surface area contributed by atoms with E-state index < -0.39 is 0 Å². The number of pyridine rings is 1. The van der Waals surface area contributed by atoms with Crippen LogP contribution in [-0.2, 0) is 13.0 Å². The number of H-pyrrole nitrogens is 1. The van der Waals surface area contributed by atoms with Crippen molar-refractivity contribution in [3.63, 3.8) is 0 Å². The first-order valence-corrected chi connectivity index (χ1v) is 10.0. The Morgan fingerprint density at radius 3 is 2.72 bits per heavy atom. The number of nitrogens with two attached hydrogens (primary N) is 1. The highest BCUT2D eigenvalue weighted by Gasteiger charge is 2.15. The number of aryl methyl sites for hydroxylation is 1. The van der Waals surface area contributed by atoms with Crippen LogP contribution in [0.2, 0.25) is 0 Å². The van der Waals surface area contributed by atoms with Gasteiger partial charge in [-0.3, -0.25) is 0 Å². The van der Waals surface area contributed by atoms with Crippen LogP contribution >= 0.6 is 0 Å². The number of ether oxygens (including phenoxy) is 1. The number of hydrogen-bond donors (Lipinski definition) is 2. The molecule has 0 saturated carbocycles. The molecule has 6 heteroatoms. The van der Waals surface area contributed by atoms with Crippen molar-refractivity contribution in [1.29, 1.82) is 0 Å². The van der Waals surface area contributed by atoms with Crippen molar-refractivity contribution >= 4 is 17.0 Å². The number of nitrogen functional groups attached to an aromatic ring is 1. The second-order valence-corrected chi connectivity index (χ2v) is 7.08. The van der Waals surface area contributed by atoms with Crippen LogP contribution < -0.4 is 10.5 Å². The van der Waals surface area contributed by atoms with Gasteiger partial charge >= 0.3 is 0 Å². The highest BCUT2D eigenvalue weighted by Crippen LogP contribution is 2.32. The molecule has 0 saturated heterocycles. The summed E-state index contributed by atoms with van der Waals surface area (Å²) in [5.74, 6) is 0.892. The van der Waals surface area contributed by atoms with Crippen molar-refractivity contribution in [2.45, 2.75) is 39.2 Å². The fraction of sp³-hybridized carbons (Fsp3) is 0.261. The van der Waals surface area contributed by atoms with Gasteiger partial charge in [-0.2, -0.15) is 4.98 Å². The van der Waals surface area contributed by atoms with Crippen LogP contribution in [0, 0.1) is 0 Å². The highest BCUT2D eigenvalue weighted by atomic mass is 16.5. The fourth-order valence-electron chi connectivity index (χ4n) is 3.48. The van der Waals surface area contributed by atoms with E-state index in [9.17, 15) is 0 Å². The number of aromatic nitrogens is 4. The van der Waals surface area contributed by atoms with Gasteiger partial charge in [-0.1, -0.05) is 50.1 Å². The fourth-order valence-corrected chi connectivity index (χ4v) is 3.48. The van der Waals surface area contributed by atoms with E-state index >= 15 is 0 Å². The molecule has 4 aromatic rings. The summed E-state index contributed by atoms with van der Waals surface area (Å²) in [6.45, 7) is 2.70. The van der Waals surface area contributed by atoms with Gasteiger partial charge in [0.25, 0.3) is 0 Å². The molecule has 0 aliphatic rings. The van der Waals surface area contributed by atoms with Crippen LogP contribution in [0.25, 0.3) is 22.3 Å². The number of rotatable bonds is 8. The van der Waals surface area contributed by atoms with Crippen LogP contribution in [0.15, 0.2) is 54.9 Å². The molecule has 4 rings (SSSR count). The lowest BCUT2D eigenvalue weighted by atomic mass is 10.0. The Labute approximate surface area is 170 Å². The summed E-state index contributed by atoms with van der Waals surface area (Å²) in [6, 6.07) is 14.0. The molecule has 0 fully saturated rings. The van der Waals surface area contributed by atoms with Gasteiger partial charge in [0.2, 0.25) is 11.8 Å². The third kappa shape index (κ3) is 4.37. The largest absolute Gasteiger partial charge is 0.473 e. The predicted octanol–water partition coefficient (Wildman–Crippen LogP) is 4.91. The Morgan fingerprint density at radius 2 is 1.93 bits per heavy atom. The third-order valence-electron chi connectivity index (χ3n) is 4.93. The number of benzene rings is 1. The SMILES string of the molecule is CCCCCc1cc(OCc2ccccc2)nc2[nH]cc(-c3ccnc(N)n3)c12. The van der Waals surface area contributed by atoms with Crippen LogP contribution in [0.1, 0.15) is 37.3 Å². The number of nitrogens with one attached hydrogen (secondary N) is 1. The summed E-state index contributed by atoms with van der Waals surface area (Å²) < 4.78 is 6.00. The van der Waals surface area contributed by atoms with E-state index in [1.807, 2.05) is 42.6 Å². The number of unbranched alkanes of at least 4 members (excludes halogenated alkanes) is 2. The smallest absolute Gasteiger partial charge is 0.220 e. The van der Waals surface area contributed by atoms with E-state index in [0.717, 1.165) is 40.7 Å².